The van der Waals surface area contributed by atoms with Crippen molar-refractivity contribution in [1.29, 1.82) is 0 Å². The summed E-state index contributed by atoms with van der Waals surface area (Å²) >= 11 is 0. The molecule has 0 atom stereocenters. The van der Waals surface area contributed by atoms with E-state index < -0.39 is 0 Å². The summed E-state index contributed by atoms with van der Waals surface area (Å²) in [5.41, 5.74) is 4.20. The number of benzene rings is 2. The second kappa shape index (κ2) is 6.48. The normalized spacial score (nSPS) is 11.2. The molecule has 2 aromatic carbocycles. The Morgan fingerprint density at radius 1 is 1.12 bits per heavy atom. The fourth-order valence-corrected chi connectivity index (χ4v) is 3.44. The van der Waals surface area contributed by atoms with Gasteiger partial charge < -0.3 is 14.9 Å². The molecule has 4 nitrogen and oxygen atoms in total. The van der Waals surface area contributed by atoms with Crippen LogP contribution in [0, 0.1) is 6.92 Å². The molecule has 0 radical (unpaired) electrons. The number of nitrogens with one attached hydrogen (secondary N) is 2. The molecular weight excluding hydrogens is 310 g/mol. The van der Waals surface area contributed by atoms with E-state index >= 15 is 0 Å². The largest absolute Gasteiger partial charge is 0.360 e. The molecule has 2 aromatic heterocycles. The smallest absolute Gasteiger partial charge is 0.253 e. The first-order valence-corrected chi connectivity index (χ1v) is 8.63. The maximum Gasteiger partial charge on any atom is 0.253 e. The maximum absolute atomic E-state index is 12.4. The van der Waals surface area contributed by atoms with E-state index in [-0.39, 0.29) is 5.91 Å². The van der Waals surface area contributed by atoms with Crippen LogP contribution in [0.2, 0.25) is 0 Å². The predicted octanol–water partition coefficient (Wildman–Crippen LogP) is 4.25. The third-order valence-electron chi connectivity index (χ3n) is 4.70. The summed E-state index contributed by atoms with van der Waals surface area (Å²) in [5, 5.41) is 5.27. The number of para-hydroxylation sites is 2. The molecule has 2 heterocycles. The van der Waals surface area contributed by atoms with Crippen LogP contribution >= 0.6 is 0 Å². The van der Waals surface area contributed by atoms with Gasteiger partial charge in [0.05, 0.1) is 5.56 Å². The number of hydrogen-bond donors (Lipinski definition) is 2. The zero-order valence-corrected chi connectivity index (χ0v) is 14.3. The number of hydrogen-bond acceptors (Lipinski definition) is 1. The second-order valence-electron chi connectivity index (χ2n) is 6.35. The van der Waals surface area contributed by atoms with Gasteiger partial charge in [-0.25, -0.2) is 0 Å². The lowest BCUT2D eigenvalue weighted by Gasteiger charge is -2.09. The zero-order chi connectivity index (χ0) is 17.2. The number of carbonyl (C=O) groups is 1. The van der Waals surface area contributed by atoms with Crippen molar-refractivity contribution in [1.82, 2.24) is 14.9 Å². The summed E-state index contributed by atoms with van der Waals surface area (Å²) < 4.78 is 2.31. The van der Waals surface area contributed by atoms with Crippen LogP contribution in [-0.2, 0) is 6.54 Å². The third kappa shape index (κ3) is 2.91. The van der Waals surface area contributed by atoms with Gasteiger partial charge in [-0.05, 0) is 36.9 Å². The number of H-pyrrole nitrogens is 1. The standard InChI is InChI=1S/C21H21N3O/c1-15-13-16-7-2-5-10-20(16)24(15)12-6-11-22-21(25)18-14-23-19-9-4-3-8-17(18)19/h2-5,7-10,13-14,23H,6,11-12H2,1H3,(H,22,25). The summed E-state index contributed by atoms with van der Waals surface area (Å²) in [7, 11) is 0. The number of aromatic amines is 1. The quantitative estimate of drug-likeness (QED) is 0.528. The van der Waals surface area contributed by atoms with Gasteiger partial charge in [0.15, 0.2) is 0 Å². The third-order valence-corrected chi connectivity index (χ3v) is 4.70. The minimum Gasteiger partial charge on any atom is -0.360 e. The van der Waals surface area contributed by atoms with E-state index in [0.717, 1.165) is 23.9 Å². The molecular formula is C21H21N3O. The van der Waals surface area contributed by atoms with Crippen LogP contribution in [0.3, 0.4) is 0 Å². The Labute approximate surface area is 146 Å². The van der Waals surface area contributed by atoms with E-state index in [2.05, 4.69) is 52.1 Å². The number of nitrogens with zero attached hydrogens (tertiary/aromatic N) is 1. The van der Waals surface area contributed by atoms with E-state index in [1.165, 1.54) is 16.6 Å². The molecule has 25 heavy (non-hydrogen) atoms. The first kappa shape index (κ1) is 15.5. The molecule has 0 aliphatic heterocycles. The molecule has 0 saturated heterocycles. The van der Waals surface area contributed by atoms with Gasteiger partial charge in [-0.1, -0.05) is 36.4 Å². The van der Waals surface area contributed by atoms with Crippen molar-refractivity contribution in [3.05, 3.63) is 72.1 Å². The number of amides is 1. The highest BCUT2D eigenvalue weighted by molar-refractivity contribution is 6.06. The minimum absolute atomic E-state index is 0.0217. The summed E-state index contributed by atoms with van der Waals surface area (Å²) in [6, 6.07) is 18.5. The number of rotatable bonds is 5. The van der Waals surface area contributed by atoms with Gasteiger partial charge in [-0.2, -0.15) is 0 Å². The Kier molecular flexibility index (Phi) is 4.02. The Morgan fingerprint density at radius 2 is 1.92 bits per heavy atom. The van der Waals surface area contributed by atoms with Gasteiger partial charge in [0.2, 0.25) is 0 Å². The molecule has 4 rings (SSSR count). The van der Waals surface area contributed by atoms with E-state index in [9.17, 15) is 4.79 Å². The molecule has 4 heteroatoms. The zero-order valence-electron chi connectivity index (χ0n) is 14.3. The summed E-state index contributed by atoms with van der Waals surface area (Å²) in [4.78, 5) is 15.6. The Bertz CT molecular complexity index is 1040. The van der Waals surface area contributed by atoms with Crippen LogP contribution in [0.25, 0.3) is 21.8 Å². The van der Waals surface area contributed by atoms with Gasteiger partial charge in [-0.3, -0.25) is 4.79 Å². The van der Waals surface area contributed by atoms with Crippen LogP contribution < -0.4 is 5.32 Å². The molecule has 0 fully saturated rings. The van der Waals surface area contributed by atoms with Crippen LogP contribution in [0.1, 0.15) is 22.5 Å². The topological polar surface area (TPSA) is 49.8 Å². The van der Waals surface area contributed by atoms with E-state index in [0.29, 0.717) is 12.1 Å². The molecule has 0 aliphatic rings. The average molecular weight is 331 g/mol. The molecule has 0 unspecified atom stereocenters. The van der Waals surface area contributed by atoms with E-state index in [1.54, 1.807) is 6.20 Å². The van der Waals surface area contributed by atoms with Gasteiger partial charge in [0.25, 0.3) is 5.91 Å². The van der Waals surface area contributed by atoms with Crippen molar-refractivity contribution in [2.45, 2.75) is 19.9 Å². The SMILES string of the molecule is Cc1cc2ccccc2n1CCCNC(=O)c1c[nH]c2ccccc12. The first-order valence-electron chi connectivity index (χ1n) is 8.63. The predicted molar refractivity (Wildman–Crippen MR) is 102 cm³/mol. The van der Waals surface area contributed by atoms with Crippen molar-refractivity contribution in [3.63, 3.8) is 0 Å². The molecule has 1 amide bonds. The van der Waals surface area contributed by atoms with Crippen LogP contribution in [-0.4, -0.2) is 22.0 Å². The monoisotopic (exact) mass is 331 g/mol. The molecule has 126 valence electrons. The molecule has 0 spiro atoms. The Morgan fingerprint density at radius 3 is 2.84 bits per heavy atom. The molecule has 4 aromatic rings. The molecule has 0 bridgehead atoms. The van der Waals surface area contributed by atoms with Gasteiger partial charge in [0.1, 0.15) is 0 Å². The van der Waals surface area contributed by atoms with Gasteiger partial charge >= 0.3 is 0 Å². The molecule has 2 N–H and O–H groups in total. The van der Waals surface area contributed by atoms with Gasteiger partial charge in [0, 0.05) is 41.4 Å². The van der Waals surface area contributed by atoms with E-state index in [4.69, 9.17) is 0 Å². The summed E-state index contributed by atoms with van der Waals surface area (Å²) in [6.45, 7) is 3.68. The molecule has 0 saturated carbocycles. The number of fused-ring (bicyclic) bond motifs is 2. The van der Waals surface area contributed by atoms with Crippen molar-refractivity contribution in [2.24, 2.45) is 0 Å². The van der Waals surface area contributed by atoms with Gasteiger partial charge in [-0.15, -0.1) is 0 Å². The minimum atomic E-state index is -0.0217. The lowest BCUT2D eigenvalue weighted by Crippen LogP contribution is -2.25. The van der Waals surface area contributed by atoms with Crippen molar-refractivity contribution >= 4 is 27.7 Å². The fraction of sp³-hybridized carbons (Fsp3) is 0.190. The highest BCUT2D eigenvalue weighted by Crippen LogP contribution is 2.20. The van der Waals surface area contributed by atoms with Crippen molar-refractivity contribution in [2.75, 3.05) is 6.54 Å². The first-order chi connectivity index (χ1) is 12.2. The highest BCUT2D eigenvalue weighted by Gasteiger charge is 2.11. The fourth-order valence-electron chi connectivity index (χ4n) is 3.44. The van der Waals surface area contributed by atoms with Crippen molar-refractivity contribution < 1.29 is 4.79 Å². The highest BCUT2D eigenvalue weighted by atomic mass is 16.1. The summed E-state index contributed by atoms with van der Waals surface area (Å²) in [6.07, 6.45) is 2.68. The number of aromatic nitrogens is 2. The molecule has 0 aliphatic carbocycles. The lowest BCUT2D eigenvalue weighted by molar-refractivity contribution is 0.0954. The number of aryl methyl sites for hydroxylation is 2. The lowest BCUT2D eigenvalue weighted by atomic mass is 10.1. The Balaban J connectivity index is 1.39. The average Bonchev–Trinajstić information content (AvgIpc) is 3.19. The van der Waals surface area contributed by atoms with Crippen LogP contribution in [0.5, 0.6) is 0 Å². The van der Waals surface area contributed by atoms with E-state index in [1.807, 2.05) is 24.3 Å². The van der Waals surface area contributed by atoms with Crippen molar-refractivity contribution in [3.8, 4) is 0 Å². The van der Waals surface area contributed by atoms with Crippen LogP contribution in [0.15, 0.2) is 60.8 Å². The Hall–Kier alpha value is -3.01. The van der Waals surface area contributed by atoms with Crippen LogP contribution in [0.4, 0.5) is 0 Å². The summed E-state index contributed by atoms with van der Waals surface area (Å²) in [5.74, 6) is -0.0217. The number of carbonyl (C=O) groups excluding carboxylic acids is 1. The second-order valence-corrected chi connectivity index (χ2v) is 6.35. The maximum atomic E-state index is 12.4.